The Bertz CT molecular complexity index is 360. The monoisotopic (exact) mass is 269 g/mol. The van der Waals surface area contributed by atoms with Crippen LogP contribution >= 0.6 is 0 Å². The number of carboxylic acids is 1. The van der Waals surface area contributed by atoms with Gasteiger partial charge in [-0.2, -0.15) is 0 Å². The van der Waals surface area contributed by atoms with E-state index in [0.29, 0.717) is 18.4 Å². The lowest BCUT2D eigenvalue weighted by atomic mass is 9.92. The molecular formula is C14H23NO4. The molecule has 5 nitrogen and oxygen atoms in total. The standard InChI is InChI=1S/C14H23NO4/c1-4-11(5-2)19-13-8-10(14(17)18)6-7-12(13)15-9(3)16/h8,11-13H,4-7H2,1-3H3,(H,15,16)(H,17,18). The van der Waals surface area contributed by atoms with E-state index in [4.69, 9.17) is 9.84 Å². The highest BCUT2D eigenvalue weighted by Crippen LogP contribution is 2.23. The van der Waals surface area contributed by atoms with E-state index in [-0.39, 0.29) is 24.2 Å². The average molecular weight is 269 g/mol. The Morgan fingerprint density at radius 3 is 2.58 bits per heavy atom. The first kappa shape index (κ1) is 15.7. The van der Waals surface area contributed by atoms with Crippen molar-refractivity contribution in [2.45, 2.75) is 64.7 Å². The van der Waals surface area contributed by atoms with Gasteiger partial charge in [0.15, 0.2) is 0 Å². The molecule has 2 unspecified atom stereocenters. The smallest absolute Gasteiger partial charge is 0.331 e. The third-order valence-electron chi connectivity index (χ3n) is 3.41. The molecule has 0 bridgehead atoms. The summed E-state index contributed by atoms with van der Waals surface area (Å²) < 4.78 is 5.93. The van der Waals surface area contributed by atoms with Gasteiger partial charge in [0.2, 0.25) is 5.91 Å². The van der Waals surface area contributed by atoms with Crippen LogP contribution in [0.4, 0.5) is 0 Å². The first-order valence-electron chi connectivity index (χ1n) is 6.84. The van der Waals surface area contributed by atoms with Crippen molar-refractivity contribution in [3.05, 3.63) is 11.6 Å². The number of carbonyl (C=O) groups excluding carboxylic acids is 1. The van der Waals surface area contributed by atoms with Crippen LogP contribution in [-0.4, -0.2) is 35.2 Å². The summed E-state index contributed by atoms with van der Waals surface area (Å²) in [5, 5.41) is 11.9. The van der Waals surface area contributed by atoms with Crippen molar-refractivity contribution in [1.29, 1.82) is 0 Å². The zero-order valence-electron chi connectivity index (χ0n) is 11.8. The number of hydrogen-bond donors (Lipinski definition) is 2. The minimum absolute atomic E-state index is 0.0886. The molecule has 0 aromatic heterocycles. The number of rotatable bonds is 6. The number of carboxylic acid groups (broad SMARTS) is 1. The summed E-state index contributed by atoms with van der Waals surface area (Å²) in [5.74, 6) is -1.02. The fourth-order valence-electron chi connectivity index (χ4n) is 2.30. The van der Waals surface area contributed by atoms with Crippen molar-refractivity contribution in [3.63, 3.8) is 0 Å². The summed E-state index contributed by atoms with van der Waals surface area (Å²) in [7, 11) is 0. The van der Waals surface area contributed by atoms with Gasteiger partial charge < -0.3 is 15.2 Å². The third-order valence-corrected chi connectivity index (χ3v) is 3.41. The Morgan fingerprint density at radius 1 is 1.47 bits per heavy atom. The number of nitrogens with one attached hydrogen (secondary N) is 1. The van der Waals surface area contributed by atoms with Crippen molar-refractivity contribution in [2.75, 3.05) is 0 Å². The van der Waals surface area contributed by atoms with E-state index in [1.54, 1.807) is 6.08 Å². The average Bonchev–Trinajstić information content (AvgIpc) is 2.36. The van der Waals surface area contributed by atoms with Gasteiger partial charge >= 0.3 is 5.97 Å². The highest BCUT2D eigenvalue weighted by atomic mass is 16.5. The molecule has 1 aliphatic rings. The van der Waals surface area contributed by atoms with E-state index >= 15 is 0 Å². The summed E-state index contributed by atoms with van der Waals surface area (Å²) in [6.45, 7) is 5.53. The van der Waals surface area contributed by atoms with E-state index in [2.05, 4.69) is 5.32 Å². The molecule has 0 spiro atoms. The maximum Gasteiger partial charge on any atom is 0.331 e. The van der Waals surface area contributed by atoms with Gasteiger partial charge in [0, 0.05) is 12.5 Å². The highest BCUT2D eigenvalue weighted by Gasteiger charge is 2.29. The summed E-state index contributed by atoms with van der Waals surface area (Å²) in [5.41, 5.74) is 0.373. The van der Waals surface area contributed by atoms with Crippen molar-refractivity contribution < 1.29 is 19.4 Å². The predicted octanol–water partition coefficient (Wildman–Crippen LogP) is 1.87. The van der Waals surface area contributed by atoms with Crippen LogP contribution in [0.3, 0.4) is 0 Å². The summed E-state index contributed by atoms with van der Waals surface area (Å²) in [6.07, 6.45) is 4.18. The Labute approximate surface area is 114 Å². The summed E-state index contributed by atoms with van der Waals surface area (Å²) in [4.78, 5) is 22.2. The molecule has 108 valence electrons. The fourth-order valence-corrected chi connectivity index (χ4v) is 2.30. The summed E-state index contributed by atoms with van der Waals surface area (Å²) in [6, 6.07) is -0.138. The molecule has 5 heteroatoms. The molecule has 0 aliphatic heterocycles. The van der Waals surface area contributed by atoms with Gasteiger partial charge in [-0.25, -0.2) is 4.79 Å². The molecule has 19 heavy (non-hydrogen) atoms. The van der Waals surface area contributed by atoms with Crippen LogP contribution in [0.2, 0.25) is 0 Å². The van der Waals surface area contributed by atoms with Crippen molar-refractivity contribution >= 4 is 11.9 Å². The number of carbonyl (C=O) groups is 2. The first-order chi connectivity index (χ1) is 8.97. The second-order valence-electron chi connectivity index (χ2n) is 4.88. The molecule has 1 rings (SSSR count). The molecule has 0 saturated heterocycles. The molecule has 0 radical (unpaired) electrons. The molecule has 2 N–H and O–H groups in total. The summed E-state index contributed by atoms with van der Waals surface area (Å²) >= 11 is 0. The second-order valence-corrected chi connectivity index (χ2v) is 4.88. The van der Waals surface area contributed by atoms with Gasteiger partial charge in [0.1, 0.15) is 0 Å². The fraction of sp³-hybridized carbons (Fsp3) is 0.714. The van der Waals surface area contributed by atoms with Crippen molar-refractivity contribution in [2.24, 2.45) is 0 Å². The largest absolute Gasteiger partial charge is 0.478 e. The van der Waals surface area contributed by atoms with E-state index in [1.807, 2.05) is 13.8 Å². The Morgan fingerprint density at radius 2 is 2.11 bits per heavy atom. The first-order valence-corrected chi connectivity index (χ1v) is 6.84. The van der Waals surface area contributed by atoms with E-state index in [0.717, 1.165) is 12.8 Å². The van der Waals surface area contributed by atoms with E-state index in [1.165, 1.54) is 6.92 Å². The Balaban J connectivity index is 2.83. The van der Waals surface area contributed by atoms with Crippen LogP contribution in [0, 0.1) is 0 Å². The molecule has 0 fully saturated rings. The van der Waals surface area contributed by atoms with Crippen LogP contribution in [0.15, 0.2) is 11.6 Å². The van der Waals surface area contributed by atoms with Gasteiger partial charge in [-0.15, -0.1) is 0 Å². The molecule has 0 aromatic rings. The van der Waals surface area contributed by atoms with Gasteiger partial charge in [0.25, 0.3) is 0 Å². The SMILES string of the molecule is CCC(CC)OC1C=C(C(=O)O)CCC1NC(C)=O. The van der Waals surface area contributed by atoms with E-state index in [9.17, 15) is 9.59 Å². The minimum atomic E-state index is -0.903. The van der Waals surface area contributed by atoms with Crippen LogP contribution in [0.25, 0.3) is 0 Å². The maximum atomic E-state index is 11.2. The number of amides is 1. The zero-order chi connectivity index (χ0) is 14.4. The number of aliphatic carboxylic acids is 1. The highest BCUT2D eigenvalue weighted by molar-refractivity contribution is 5.87. The molecule has 1 amide bonds. The van der Waals surface area contributed by atoms with Gasteiger partial charge in [0.05, 0.1) is 18.2 Å². The minimum Gasteiger partial charge on any atom is -0.478 e. The van der Waals surface area contributed by atoms with Crippen LogP contribution < -0.4 is 5.32 Å². The van der Waals surface area contributed by atoms with Crippen molar-refractivity contribution in [3.8, 4) is 0 Å². The van der Waals surface area contributed by atoms with Gasteiger partial charge in [-0.3, -0.25) is 4.79 Å². The molecule has 0 heterocycles. The third kappa shape index (κ3) is 4.67. The molecule has 0 saturated carbocycles. The number of ether oxygens (including phenoxy) is 1. The molecular weight excluding hydrogens is 246 g/mol. The quantitative estimate of drug-likeness (QED) is 0.772. The Hall–Kier alpha value is -1.36. The van der Waals surface area contributed by atoms with Crippen LogP contribution in [-0.2, 0) is 14.3 Å². The lowest BCUT2D eigenvalue weighted by molar-refractivity contribution is -0.133. The Kier molecular flexibility index (Phi) is 6.02. The van der Waals surface area contributed by atoms with Crippen LogP contribution in [0.5, 0.6) is 0 Å². The molecule has 0 aromatic carbocycles. The zero-order valence-corrected chi connectivity index (χ0v) is 11.8. The topological polar surface area (TPSA) is 75.6 Å². The van der Waals surface area contributed by atoms with E-state index < -0.39 is 5.97 Å². The van der Waals surface area contributed by atoms with Gasteiger partial charge in [-0.1, -0.05) is 13.8 Å². The van der Waals surface area contributed by atoms with Crippen LogP contribution in [0.1, 0.15) is 46.5 Å². The number of hydrogen-bond acceptors (Lipinski definition) is 3. The second kappa shape index (κ2) is 7.28. The normalized spacial score (nSPS) is 23.1. The lowest BCUT2D eigenvalue weighted by Gasteiger charge is -2.32. The predicted molar refractivity (Wildman–Crippen MR) is 71.8 cm³/mol. The lowest BCUT2D eigenvalue weighted by Crippen LogP contribution is -2.46. The van der Waals surface area contributed by atoms with Gasteiger partial charge in [-0.05, 0) is 31.8 Å². The molecule has 1 aliphatic carbocycles. The molecule has 2 atom stereocenters. The van der Waals surface area contributed by atoms with Crippen molar-refractivity contribution in [1.82, 2.24) is 5.32 Å². The maximum absolute atomic E-state index is 11.2.